The molecular formula is C16H21ClN5+. The topological polar surface area (TPSA) is 37.9 Å². The lowest BCUT2D eigenvalue weighted by atomic mass is 10.3. The predicted octanol–water partition coefficient (Wildman–Crippen LogP) is 0.998. The van der Waals surface area contributed by atoms with Gasteiger partial charge in [0.2, 0.25) is 0 Å². The van der Waals surface area contributed by atoms with Crippen molar-refractivity contribution in [2.45, 2.75) is 6.92 Å². The minimum Gasteiger partial charge on any atom is -0.334 e. The van der Waals surface area contributed by atoms with Crippen LogP contribution in [0.2, 0.25) is 5.15 Å². The molecule has 1 saturated heterocycles. The highest BCUT2D eigenvalue weighted by atomic mass is 35.5. The normalized spacial score (nSPS) is 16.6. The fourth-order valence-electron chi connectivity index (χ4n) is 2.53. The molecule has 1 fully saturated rings. The number of halogens is 1. The zero-order chi connectivity index (χ0) is 15.5. The Bertz CT molecular complexity index is 657. The average Bonchev–Trinajstić information content (AvgIpc) is 2.82. The van der Waals surface area contributed by atoms with Crippen LogP contribution in [-0.4, -0.2) is 54.2 Å². The van der Waals surface area contributed by atoms with Gasteiger partial charge in [-0.3, -0.25) is 5.01 Å². The number of hydrogen-bond acceptors (Lipinski definition) is 3. The van der Waals surface area contributed by atoms with E-state index in [4.69, 9.17) is 11.6 Å². The maximum Gasteiger partial charge on any atom is 0.142 e. The Labute approximate surface area is 135 Å². The van der Waals surface area contributed by atoms with Gasteiger partial charge < -0.3 is 4.90 Å². The van der Waals surface area contributed by atoms with Gasteiger partial charge in [-0.1, -0.05) is 29.8 Å². The number of benzene rings is 1. The number of hydrazone groups is 1. The molecule has 0 amide bonds. The molecule has 0 atom stereocenters. The summed E-state index contributed by atoms with van der Waals surface area (Å²) in [6.45, 7) is 6.15. The van der Waals surface area contributed by atoms with Crippen molar-refractivity contribution in [3.8, 4) is 5.69 Å². The van der Waals surface area contributed by atoms with Crippen LogP contribution in [0.1, 0.15) is 11.3 Å². The fraction of sp³-hybridized carbons (Fsp3) is 0.375. The van der Waals surface area contributed by atoms with Crippen molar-refractivity contribution >= 4 is 17.8 Å². The minimum absolute atomic E-state index is 0.604. The molecule has 0 saturated carbocycles. The molecule has 3 rings (SSSR count). The number of nitrogens with zero attached hydrogens (tertiary/aromatic N) is 4. The van der Waals surface area contributed by atoms with Crippen LogP contribution in [0.15, 0.2) is 35.4 Å². The third-order valence-electron chi connectivity index (χ3n) is 3.99. The van der Waals surface area contributed by atoms with Gasteiger partial charge in [-0.15, -0.1) is 0 Å². The molecule has 0 unspecified atom stereocenters. The number of aryl methyl sites for hydroxylation is 1. The van der Waals surface area contributed by atoms with E-state index in [0.717, 1.165) is 43.1 Å². The van der Waals surface area contributed by atoms with Crippen molar-refractivity contribution in [2.75, 3.05) is 33.2 Å². The molecule has 1 N–H and O–H groups in total. The number of piperazine rings is 1. The molecule has 0 spiro atoms. The summed E-state index contributed by atoms with van der Waals surface area (Å²) < 4.78 is 1.76. The van der Waals surface area contributed by atoms with E-state index < -0.39 is 0 Å². The van der Waals surface area contributed by atoms with Crippen LogP contribution in [0.3, 0.4) is 0 Å². The Morgan fingerprint density at radius 1 is 1.23 bits per heavy atom. The second-order valence-electron chi connectivity index (χ2n) is 5.69. The minimum atomic E-state index is 0.604. The van der Waals surface area contributed by atoms with Crippen LogP contribution in [0.4, 0.5) is 0 Å². The first-order valence-electron chi connectivity index (χ1n) is 7.56. The summed E-state index contributed by atoms with van der Waals surface area (Å²) in [6, 6.07) is 9.91. The van der Waals surface area contributed by atoms with E-state index in [1.165, 1.54) is 0 Å². The van der Waals surface area contributed by atoms with Gasteiger partial charge in [0.1, 0.15) is 5.15 Å². The van der Waals surface area contributed by atoms with Crippen molar-refractivity contribution in [3.05, 3.63) is 46.7 Å². The lowest BCUT2D eigenvalue weighted by Gasteiger charge is -2.27. The molecule has 0 radical (unpaired) electrons. The van der Waals surface area contributed by atoms with Crippen molar-refractivity contribution in [1.82, 2.24) is 14.8 Å². The molecule has 116 valence electrons. The highest BCUT2D eigenvalue weighted by Crippen LogP contribution is 2.22. The summed E-state index contributed by atoms with van der Waals surface area (Å²) >= 11 is 6.49. The predicted molar refractivity (Wildman–Crippen MR) is 89.1 cm³/mol. The van der Waals surface area contributed by atoms with E-state index in [-0.39, 0.29) is 0 Å². The summed E-state index contributed by atoms with van der Waals surface area (Å²) in [4.78, 5) is 1.55. The first-order valence-corrected chi connectivity index (χ1v) is 7.93. The molecular weight excluding hydrogens is 298 g/mol. The first kappa shape index (κ1) is 15.1. The second-order valence-corrected chi connectivity index (χ2v) is 6.05. The summed E-state index contributed by atoms with van der Waals surface area (Å²) in [7, 11) is 2.21. The number of rotatable bonds is 3. The first-order chi connectivity index (χ1) is 10.6. The van der Waals surface area contributed by atoms with Gasteiger partial charge in [-0.05, 0) is 19.1 Å². The van der Waals surface area contributed by atoms with E-state index in [0.29, 0.717) is 5.15 Å². The lowest BCUT2D eigenvalue weighted by molar-refractivity contribution is -0.884. The quantitative estimate of drug-likeness (QED) is 0.857. The van der Waals surface area contributed by atoms with Crippen molar-refractivity contribution in [3.63, 3.8) is 0 Å². The molecule has 1 aromatic carbocycles. The van der Waals surface area contributed by atoms with Gasteiger partial charge in [-0.2, -0.15) is 10.2 Å². The molecule has 2 aromatic rings. The summed E-state index contributed by atoms with van der Waals surface area (Å²) in [5.74, 6) is 0. The Kier molecular flexibility index (Phi) is 4.45. The monoisotopic (exact) mass is 318 g/mol. The van der Waals surface area contributed by atoms with E-state index in [9.17, 15) is 0 Å². The highest BCUT2D eigenvalue weighted by molar-refractivity contribution is 6.32. The second kappa shape index (κ2) is 6.50. The Balaban J connectivity index is 1.81. The molecule has 1 aromatic heterocycles. The maximum atomic E-state index is 6.49. The summed E-state index contributed by atoms with van der Waals surface area (Å²) in [6.07, 6.45) is 1.84. The van der Waals surface area contributed by atoms with Crippen LogP contribution in [0.25, 0.3) is 5.69 Å². The molecule has 0 aliphatic carbocycles. The van der Waals surface area contributed by atoms with Gasteiger partial charge in [-0.25, -0.2) is 4.68 Å². The number of aromatic nitrogens is 2. The smallest absolute Gasteiger partial charge is 0.142 e. The van der Waals surface area contributed by atoms with E-state index >= 15 is 0 Å². The SMILES string of the molecule is Cc1nn(-c2ccccc2)c(Cl)c1/C=N\N1CC[NH+](C)CC1. The lowest BCUT2D eigenvalue weighted by Crippen LogP contribution is -3.11. The Hall–Kier alpha value is -1.85. The molecule has 0 bridgehead atoms. The molecule has 1 aliphatic heterocycles. The van der Waals surface area contributed by atoms with E-state index in [1.807, 2.05) is 43.5 Å². The van der Waals surface area contributed by atoms with Crippen LogP contribution >= 0.6 is 11.6 Å². The number of hydrogen-bond donors (Lipinski definition) is 1. The van der Waals surface area contributed by atoms with E-state index in [2.05, 4.69) is 22.3 Å². The third kappa shape index (κ3) is 3.15. The van der Waals surface area contributed by atoms with Gasteiger partial charge in [0.05, 0.1) is 56.4 Å². The number of likely N-dealkylation sites (N-methyl/N-ethyl adjacent to an activating group) is 1. The largest absolute Gasteiger partial charge is 0.334 e. The van der Waals surface area contributed by atoms with Gasteiger partial charge in [0.15, 0.2) is 0 Å². The van der Waals surface area contributed by atoms with Crippen LogP contribution < -0.4 is 4.90 Å². The zero-order valence-corrected chi connectivity index (χ0v) is 13.7. The van der Waals surface area contributed by atoms with Gasteiger partial charge >= 0.3 is 0 Å². The molecule has 6 heteroatoms. The average molecular weight is 319 g/mol. The number of nitrogens with one attached hydrogen (secondary N) is 1. The van der Waals surface area contributed by atoms with Crippen LogP contribution in [-0.2, 0) is 0 Å². The zero-order valence-electron chi connectivity index (χ0n) is 13.0. The molecule has 2 heterocycles. The number of para-hydroxylation sites is 1. The van der Waals surface area contributed by atoms with Crippen molar-refractivity contribution < 1.29 is 4.90 Å². The third-order valence-corrected chi connectivity index (χ3v) is 4.36. The Morgan fingerprint density at radius 2 is 1.91 bits per heavy atom. The van der Waals surface area contributed by atoms with Crippen molar-refractivity contribution in [2.24, 2.45) is 5.10 Å². The van der Waals surface area contributed by atoms with Crippen LogP contribution in [0, 0.1) is 6.92 Å². The van der Waals surface area contributed by atoms with Gasteiger partial charge in [0, 0.05) is 0 Å². The molecule has 1 aliphatic rings. The van der Waals surface area contributed by atoms with E-state index in [1.54, 1.807) is 9.58 Å². The Morgan fingerprint density at radius 3 is 2.59 bits per heavy atom. The number of quaternary nitrogens is 1. The van der Waals surface area contributed by atoms with Gasteiger partial charge in [0.25, 0.3) is 0 Å². The van der Waals surface area contributed by atoms with Crippen molar-refractivity contribution in [1.29, 1.82) is 0 Å². The summed E-state index contributed by atoms with van der Waals surface area (Å²) in [5.41, 5.74) is 2.73. The molecule has 5 nitrogen and oxygen atoms in total. The fourth-order valence-corrected chi connectivity index (χ4v) is 2.85. The molecule has 22 heavy (non-hydrogen) atoms. The highest BCUT2D eigenvalue weighted by Gasteiger charge is 2.16. The summed E-state index contributed by atoms with van der Waals surface area (Å²) in [5, 5.41) is 11.8. The standard InChI is InChI=1S/C16H20ClN5/c1-13-15(12-18-21-10-8-20(2)9-11-21)16(17)22(19-13)14-6-4-3-5-7-14/h3-7,12H,8-11H2,1-2H3/p+1/b18-12-. The maximum absolute atomic E-state index is 6.49. The van der Waals surface area contributed by atoms with Crippen LogP contribution in [0.5, 0.6) is 0 Å².